The number of nitrogens with zero attached hydrogens (tertiary/aromatic N) is 1. The van der Waals surface area contributed by atoms with Gasteiger partial charge in [-0.3, -0.25) is 0 Å². The van der Waals surface area contributed by atoms with E-state index in [1.807, 2.05) is 18.2 Å². The minimum Gasteiger partial charge on any atom is -0.504 e. The fourth-order valence-electron chi connectivity index (χ4n) is 1.81. The summed E-state index contributed by atoms with van der Waals surface area (Å²) in [7, 11) is -3.94. The van der Waals surface area contributed by atoms with Crippen molar-refractivity contribution in [3.63, 3.8) is 0 Å². The molecule has 0 saturated carbocycles. The number of rotatable bonds is 9. The second-order valence-corrected chi connectivity index (χ2v) is 6.11. The molecule has 1 heterocycles. The zero-order valence-electron chi connectivity index (χ0n) is 12.5. The number of unbranched alkanes of at least 4 members (excludes halogenated alkanes) is 1. The highest BCUT2D eigenvalue weighted by Crippen LogP contribution is 2.25. The van der Waals surface area contributed by atoms with Crippen LogP contribution in [0.25, 0.3) is 0 Å². The van der Waals surface area contributed by atoms with Gasteiger partial charge in [-0.15, -0.1) is 0 Å². The van der Waals surface area contributed by atoms with Crippen LogP contribution in [0.1, 0.15) is 12.8 Å². The van der Waals surface area contributed by atoms with Gasteiger partial charge in [0.25, 0.3) is 0 Å². The Kier molecular flexibility index (Phi) is 6.19. The molecule has 2 aromatic rings. The predicted octanol–water partition coefficient (Wildman–Crippen LogP) is 1.89. The highest BCUT2D eigenvalue weighted by molar-refractivity contribution is 7.85. The maximum atomic E-state index is 11.7. The molecule has 23 heavy (non-hydrogen) atoms. The Bertz CT molecular complexity index is 708. The lowest BCUT2D eigenvalue weighted by atomic mass is 10.3. The highest BCUT2D eigenvalue weighted by atomic mass is 32.2. The molecule has 0 bridgehead atoms. The van der Waals surface area contributed by atoms with Crippen LogP contribution in [0.4, 0.5) is 5.82 Å². The number of aromatic nitrogens is 1. The normalized spacial score (nSPS) is 11.1. The molecule has 0 saturated heterocycles. The molecule has 2 rings (SSSR count). The van der Waals surface area contributed by atoms with Crippen molar-refractivity contribution in [1.82, 2.24) is 9.71 Å². The molecule has 1 aromatic heterocycles. The molecular weight excluding hydrogens is 318 g/mol. The van der Waals surface area contributed by atoms with Crippen molar-refractivity contribution in [3.8, 4) is 11.5 Å². The molecule has 0 radical (unpaired) electrons. The van der Waals surface area contributed by atoms with Crippen LogP contribution in [0.2, 0.25) is 0 Å². The van der Waals surface area contributed by atoms with Crippen molar-refractivity contribution in [2.45, 2.75) is 12.8 Å². The van der Waals surface area contributed by atoms with E-state index in [1.54, 1.807) is 18.3 Å². The Morgan fingerprint density at radius 2 is 1.78 bits per heavy atom. The van der Waals surface area contributed by atoms with Gasteiger partial charge >= 0.3 is 10.3 Å². The molecule has 0 unspecified atom stereocenters. The maximum absolute atomic E-state index is 11.7. The minimum absolute atomic E-state index is 0.100. The van der Waals surface area contributed by atoms with Crippen LogP contribution in [-0.4, -0.2) is 31.6 Å². The van der Waals surface area contributed by atoms with E-state index < -0.39 is 10.3 Å². The number of aromatic hydroxyl groups is 1. The van der Waals surface area contributed by atoms with Crippen LogP contribution in [0, 0.1) is 0 Å². The first-order chi connectivity index (χ1) is 11.1. The second-order valence-electron chi connectivity index (χ2n) is 4.75. The number of phenolic OH excluding ortho intramolecular Hbond substituents is 1. The third-order valence-electron chi connectivity index (χ3n) is 2.92. The Hall–Kier alpha value is -2.32. The van der Waals surface area contributed by atoms with Gasteiger partial charge < -0.3 is 14.6 Å². The third kappa shape index (κ3) is 6.13. The van der Waals surface area contributed by atoms with E-state index in [9.17, 15) is 13.5 Å². The van der Waals surface area contributed by atoms with Crippen LogP contribution >= 0.6 is 0 Å². The summed E-state index contributed by atoms with van der Waals surface area (Å²) in [6.45, 7) is 0.943. The standard InChI is InChI=1S/C15H19N3O4S/c19-13-7-1-2-8-14(13)22-23(20,21)18-12-6-5-11-17-15-9-3-4-10-16-15/h1-4,7-10,18-19H,5-6,11-12H2,(H,16,17). The lowest BCUT2D eigenvalue weighted by Crippen LogP contribution is -2.29. The van der Waals surface area contributed by atoms with Crippen molar-refractivity contribution >= 4 is 16.1 Å². The highest BCUT2D eigenvalue weighted by Gasteiger charge is 2.13. The fourth-order valence-corrected chi connectivity index (χ4v) is 2.64. The lowest BCUT2D eigenvalue weighted by molar-refractivity contribution is 0.422. The van der Waals surface area contributed by atoms with Gasteiger partial charge in [0.2, 0.25) is 0 Å². The number of hydrogen-bond acceptors (Lipinski definition) is 6. The minimum atomic E-state index is -3.94. The van der Waals surface area contributed by atoms with E-state index in [4.69, 9.17) is 4.18 Å². The fraction of sp³-hybridized carbons (Fsp3) is 0.267. The molecule has 1 aromatic carbocycles. The van der Waals surface area contributed by atoms with Crippen molar-refractivity contribution in [2.24, 2.45) is 0 Å². The number of pyridine rings is 1. The molecule has 0 aliphatic heterocycles. The predicted molar refractivity (Wildman–Crippen MR) is 87.6 cm³/mol. The van der Waals surface area contributed by atoms with Gasteiger partial charge in [-0.2, -0.15) is 13.1 Å². The molecule has 0 aliphatic carbocycles. The van der Waals surface area contributed by atoms with Gasteiger partial charge in [0.05, 0.1) is 0 Å². The number of phenols is 1. The zero-order valence-corrected chi connectivity index (χ0v) is 13.3. The van der Waals surface area contributed by atoms with Crippen LogP contribution in [0.15, 0.2) is 48.7 Å². The molecule has 0 spiro atoms. The van der Waals surface area contributed by atoms with Crippen molar-refractivity contribution in [1.29, 1.82) is 0 Å². The van der Waals surface area contributed by atoms with E-state index in [0.29, 0.717) is 13.0 Å². The first-order valence-electron chi connectivity index (χ1n) is 7.19. The molecule has 8 heteroatoms. The van der Waals surface area contributed by atoms with Gasteiger partial charge in [-0.25, -0.2) is 4.98 Å². The van der Waals surface area contributed by atoms with Crippen molar-refractivity contribution < 1.29 is 17.7 Å². The van der Waals surface area contributed by atoms with Gasteiger partial charge in [0, 0.05) is 19.3 Å². The summed E-state index contributed by atoms with van der Waals surface area (Å²) >= 11 is 0. The summed E-state index contributed by atoms with van der Waals surface area (Å²) in [5, 5.41) is 12.6. The third-order valence-corrected chi connectivity index (χ3v) is 3.87. The molecule has 0 atom stereocenters. The summed E-state index contributed by atoms with van der Waals surface area (Å²) < 4.78 is 30.6. The molecular formula is C15H19N3O4S. The van der Waals surface area contributed by atoms with Crippen LogP contribution < -0.4 is 14.2 Å². The van der Waals surface area contributed by atoms with E-state index in [1.165, 1.54) is 12.1 Å². The molecule has 124 valence electrons. The number of hydrogen-bond donors (Lipinski definition) is 3. The quantitative estimate of drug-likeness (QED) is 0.604. The van der Waals surface area contributed by atoms with Crippen LogP contribution in [0.3, 0.4) is 0 Å². The second kappa shape index (κ2) is 8.35. The summed E-state index contributed by atoms with van der Waals surface area (Å²) in [5.74, 6) is 0.463. The lowest BCUT2D eigenvalue weighted by Gasteiger charge is -2.09. The molecule has 0 amide bonds. The number of anilines is 1. The average molecular weight is 337 g/mol. The Balaban J connectivity index is 1.66. The van der Waals surface area contributed by atoms with Crippen LogP contribution in [-0.2, 0) is 10.3 Å². The molecule has 7 nitrogen and oxygen atoms in total. The summed E-state index contributed by atoms with van der Waals surface area (Å²) in [6.07, 6.45) is 3.12. The Labute approximate surface area is 135 Å². The van der Waals surface area contributed by atoms with E-state index in [-0.39, 0.29) is 18.0 Å². The van der Waals surface area contributed by atoms with Crippen LogP contribution in [0.5, 0.6) is 11.5 Å². The summed E-state index contributed by atoms with van der Waals surface area (Å²) in [4.78, 5) is 4.12. The molecule has 0 aliphatic rings. The van der Waals surface area contributed by atoms with E-state index in [0.717, 1.165) is 12.2 Å². The van der Waals surface area contributed by atoms with E-state index in [2.05, 4.69) is 15.0 Å². The maximum Gasteiger partial charge on any atom is 0.382 e. The SMILES string of the molecule is O=S(=O)(NCCCCNc1ccccn1)Oc1ccccc1O. The zero-order chi connectivity index (χ0) is 16.5. The van der Waals surface area contributed by atoms with Gasteiger partial charge in [0.1, 0.15) is 5.82 Å². The number of nitrogens with one attached hydrogen (secondary N) is 2. The van der Waals surface area contributed by atoms with Gasteiger partial charge in [-0.1, -0.05) is 18.2 Å². The first-order valence-corrected chi connectivity index (χ1v) is 8.60. The topological polar surface area (TPSA) is 101 Å². The summed E-state index contributed by atoms with van der Waals surface area (Å²) in [6, 6.07) is 11.5. The summed E-state index contributed by atoms with van der Waals surface area (Å²) in [5.41, 5.74) is 0. The van der Waals surface area contributed by atoms with E-state index >= 15 is 0 Å². The monoisotopic (exact) mass is 337 g/mol. The first kappa shape index (κ1) is 17.0. The smallest absolute Gasteiger partial charge is 0.382 e. The van der Waals surface area contributed by atoms with Gasteiger partial charge in [-0.05, 0) is 37.1 Å². The van der Waals surface area contributed by atoms with Gasteiger partial charge in [0.15, 0.2) is 11.5 Å². The largest absolute Gasteiger partial charge is 0.504 e. The Morgan fingerprint density at radius 3 is 2.52 bits per heavy atom. The molecule has 0 fully saturated rings. The number of para-hydroxylation sites is 2. The molecule has 3 N–H and O–H groups in total. The number of benzene rings is 1. The van der Waals surface area contributed by atoms with Crippen molar-refractivity contribution in [3.05, 3.63) is 48.7 Å². The Morgan fingerprint density at radius 1 is 1.04 bits per heavy atom. The average Bonchev–Trinajstić information content (AvgIpc) is 2.54. The van der Waals surface area contributed by atoms with Crippen molar-refractivity contribution in [2.75, 3.05) is 18.4 Å².